The molecule has 0 N–H and O–H groups in total. The summed E-state index contributed by atoms with van der Waals surface area (Å²) in [6.45, 7) is 12.6. The highest BCUT2D eigenvalue weighted by Crippen LogP contribution is 2.27. The molecule has 1 aliphatic rings. The number of carbonyl (C=O) groups is 1. The minimum absolute atomic E-state index is 0.0475. The molecule has 0 spiro atoms. The van der Waals surface area contributed by atoms with E-state index in [1.54, 1.807) is 11.3 Å². The number of hydrogen-bond donors (Lipinski definition) is 0. The van der Waals surface area contributed by atoms with Crippen molar-refractivity contribution in [3.63, 3.8) is 0 Å². The van der Waals surface area contributed by atoms with Crippen molar-refractivity contribution in [1.82, 2.24) is 14.8 Å². The van der Waals surface area contributed by atoms with Gasteiger partial charge in [-0.3, -0.25) is 9.69 Å². The molecule has 1 fully saturated rings. The molecule has 2 aromatic rings. The Labute approximate surface area is 186 Å². The number of ether oxygens (including phenoxy) is 1. The first-order chi connectivity index (χ1) is 13.7. The van der Waals surface area contributed by atoms with Crippen LogP contribution in [0.1, 0.15) is 44.8 Å². The number of nitrogens with zero attached hydrogens (tertiary/aromatic N) is 3. The van der Waals surface area contributed by atoms with Gasteiger partial charge in [-0.15, -0.1) is 11.3 Å². The quantitative estimate of drug-likeness (QED) is 0.622. The molecule has 1 atom stereocenters. The van der Waals surface area contributed by atoms with Gasteiger partial charge in [-0.05, 0) is 41.4 Å². The van der Waals surface area contributed by atoms with Crippen LogP contribution in [0.2, 0.25) is 0 Å². The van der Waals surface area contributed by atoms with Crippen molar-refractivity contribution >= 4 is 33.2 Å². The molecule has 1 unspecified atom stereocenters. The summed E-state index contributed by atoms with van der Waals surface area (Å²) in [5.41, 5.74) is 1.22. The first kappa shape index (κ1) is 22.2. The van der Waals surface area contributed by atoms with Crippen molar-refractivity contribution in [1.29, 1.82) is 0 Å². The van der Waals surface area contributed by atoms with E-state index in [-0.39, 0.29) is 11.3 Å². The molecule has 5 nitrogen and oxygen atoms in total. The molecular weight excluding hydrogens is 450 g/mol. The number of thiazole rings is 1. The number of amides is 1. The normalized spacial score (nSPS) is 17.1. The molecule has 1 saturated heterocycles. The summed E-state index contributed by atoms with van der Waals surface area (Å²) in [5.74, 6) is 0.745. The lowest BCUT2D eigenvalue weighted by atomic mass is 9.98. The van der Waals surface area contributed by atoms with Gasteiger partial charge in [0.15, 0.2) is 6.10 Å². The Morgan fingerprint density at radius 3 is 2.69 bits per heavy atom. The Kier molecular flexibility index (Phi) is 7.35. The number of carbonyl (C=O) groups excluding carboxylic acids is 1. The maximum atomic E-state index is 12.9. The molecule has 0 aliphatic carbocycles. The minimum atomic E-state index is -0.506. The molecule has 0 saturated carbocycles. The number of benzene rings is 1. The van der Waals surface area contributed by atoms with E-state index in [9.17, 15) is 4.79 Å². The van der Waals surface area contributed by atoms with Crippen LogP contribution in [0.5, 0.6) is 5.75 Å². The highest BCUT2D eigenvalue weighted by atomic mass is 79.9. The summed E-state index contributed by atoms with van der Waals surface area (Å²) < 4.78 is 6.76. The molecule has 1 aromatic heterocycles. The fourth-order valence-electron chi connectivity index (χ4n) is 3.34. The van der Waals surface area contributed by atoms with Crippen LogP contribution in [0.15, 0.2) is 34.1 Å². The third-order valence-corrected chi connectivity index (χ3v) is 6.94. The average molecular weight is 480 g/mol. The van der Waals surface area contributed by atoms with Crippen LogP contribution in [0.4, 0.5) is 0 Å². The molecule has 0 bridgehead atoms. The Bertz CT molecular complexity index is 833. The summed E-state index contributed by atoms with van der Waals surface area (Å²) >= 11 is 5.21. The average Bonchev–Trinajstić information content (AvgIpc) is 3.02. The second kappa shape index (κ2) is 9.58. The summed E-state index contributed by atoms with van der Waals surface area (Å²) in [5, 5.41) is 3.35. The fraction of sp³-hybridized carbons (Fsp3) is 0.545. The summed E-state index contributed by atoms with van der Waals surface area (Å²) in [6, 6.07) is 7.63. The number of rotatable bonds is 5. The zero-order chi connectivity index (χ0) is 21.0. The van der Waals surface area contributed by atoms with Crippen molar-refractivity contribution in [3.05, 3.63) is 44.8 Å². The minimum Gasteiger partial charge on any atom is -0.480 e. The molecule has 1 amide bonds. The standard InChI is InChI=1S/C22H30BrN3O2S/c1-16(28-19-9-6-5-8-18(19)23)20(27)26-11-7-10-25(12-13-26)14-17-15-29-21(24-17)22(2,3)4/h5-6,8-9,15-16H,7,10-14H2,1-4H3. The van der Waals surface area contributed by atoms with Gasteiger partial charge in [-0.1, -0.05) is 32.9 Å². The number of aromatic nitrogens is 1. The molecule has 29 heavy (non-hydrogen) atoms. The van der Waals surface area contributed by atoms with Crippen molar-refractivity contribution in [2.24, 2.45) is 0 Å². The topological polar surface area (TPSA) is 45.7 Å². The van der Waals surface area contributed by atoms with Crippen molar-refractivity contribution in [2.45, 2.75) is 52.2 Å². The summed E-state index contributed by atoms with van der Waals surface area (Å²) in [7, 11) is 0. The molecular formula is C22H30BrN3O2S. The van der Waals surface area contributed by atoms with Crippen LogP contribution in [-0.2, 0) is 16.8 Å². The van der Waals surface area contributed by atoms with Gasteiger partial charge in [-0.2, -0.15) is 0 Å². The maximum Gasteiger partial charge on any atom is 0.263 e. The van der Waals surface area contributed by atoms with Gasteiger partial charge >= 0.3 is 0 Å². The zero-order valence-electron chi connectivity index (χ0n) is 17.7. The monoisotopic (exact) mass is 479 g/mol. The lowest BCUT2D eigenvalue weighted by Gasteiger charge is -2.25. The van der Waals surface area contributed by atoms with E-state index in [4.69, 9.17) is 9.72 Å². The zero-order valence-corrected chi connectivity index (χ0v) is 20.1. The lowest BCUT2D eigenvalue weighted by molar-refractivity contribution is -0.137. The third kappa shape index (κ3) is 6.03. The Morgan fingerprint density at radius 1 is 1.24 bits per heavy atom. The first-order valence-corrected chi connectivity index (χ1v) is 11.8. The molecule has 0 radical (unpaired) electrons. The highest BCUT2D eigenvalue weighted by Gasteiger charge is 2.25. The highest BCUT2D eigenvalue weighted by molar-refractivity contribution is 9.10. The van der Waals surface area contributed by atoms with E-state index < -0.39 is 6.10 Å². The van der Waals surface area contributed by atoms with Gasteiger partial charge in [0.2, 0.25) is 0 Å². The Hall–Kier alpha value is -1.44. The van der Waals surface area contributed by atoms with Crippen LogP contribution in [0.25, 0.3) is 0 Å². The Morgan fingerprint density at radius 2 is 2.00 bits per heavy atom. The first-order valence-electron chi connectivity index (χ1n) is 10.1. The lowest BCUT2D eigenvalue weighted by Crippen LogP contribution is -2.42. The van der Waals surface area contributed by atoms with E-state index in [1.165, 1.54) is 5.01 Å². The maximum absolute atomic E-state index is 12.9. The van der Waals surface area contributed by atoms with Gasteiger partial charge in [0, 0.05) is 43.5 Å². The van der Waals surface area contributed by atoms with Gasteiger partial charge in [-0.25, -0.2) is 4.98 Å². The van der Waals surface area contributed by atoms with Gasteiger partial charge < -0.3 is 9.64 Å². The van der Waals surface area contributed by atoms with Gasteiger partial charge in [0.1, 0.15) is 5.75 Å². The van der Waals surface area contributed by atoms with Crippen molar-refractivity contribution < 1.29 is 9.53 Å². The number of halogens is 1. The van der Waals surface area contributed by atoms with E-state index >= 15 is 0 Å². The van der Waals surface area contributed by atoms with Crippen LogP contribution in [0.3, 0.4) is 0 Å². The van der Waals surface area contributed by atoms with Crippen LogP contribution < -0.4 is 4.74 Å². The van der Waals surface area contributed by atoms with Crippen LogP contribution in [-0.4, -0.2) is 53.0 Å². The van der Waals surface area contributed by atoms with Gasteiger partial charge in [0.25, 0.3) is 5.91 Å². The van der Waals surface area contributed by atoms with E-state index in [2.05, 4.69) is 47.0 Å². The van der Waals surface area contributed by atoms with Crippen LogP contribution >= 0.6 is 27.3 Å². The largest absolute Gasteiger partial charge is 0.480 e. The van der Waals surface area contributed by atoms with E-state index in [1.807, 2.05) is 36.1 Å². The third-order valence-electron chi connectivity index (χ3n) is 4.97. The van der Waals surface area contributed by atoms with E-state index in [0.717, 1.165) is 49.3 Å². The second-order valence-electron chi connectivity index (χ2n) is 8.54. The summed E-state index contributed by atoms with van der Waals surface area (Å²) in [4.78, 5) is 22.0. The molecule has 2 heterocycles. The predicted molar refractivity (Wildman–Crippen MR) is 122 cm³/mol. The number of para-hydroxylation sites is 1. The summed E-state index contributed by atoms with van der Waals surface area (Å²) in [6.07, 6.45) is 0.456. The smallest absolute Gasteiger partial charge is 0.263 e. The van der Waals surface area contributed by atoms with Crippen LogP contribution in [0, 0.1) is 0 Å². The van der Waals surface area contributed by atoms with Gasteiger partial charge in [0.05, 0.1) is 15.2 Å². The Balaban J connectivity index is 1.54. The molecule has 3 rings (SSSR count). The van der Waals surface area contributed by atoms with Crippen molar-refractivity contribution in [3.8, 4) is 5.75 Å². The van der Waals surface area contributed by atoms with E-state index in [0.29, 0.717) is 5.75 Å². The molecule has 1 aromatic carbocycles. The number of hydrogen-bond acceptors (Lipinski definition) is 5. The SMILES string of the molecule is CC(Oc1ccccc1Br)C(=O)N1CCCN(Cc2csc(C(C)(C)C)n2)CC1. The second-order valence-corrected chi connectivity index (χ2v) is 10.3. The molecule has 7 heteroatoms. The molecule has 158 valence electrons. The fourth-order valence-corrected chi connectivity index (χ4v) is 4.62. The predicted octanol–water partition coefficient (Wildman–Crippen LogP) is 4.70. The molecule has 1 aliphatic heterocycles. The van der Waals surface area contributed by atoms with Crippen molar-refractivity contribution in [2.75, 3.05) is 26.2 Å².